The zero-order valence-electron chi connectivity index (χ0n) is 34.5. The minimum atomic E-state index is -1.55. The molecule has 0 saturated carbocycles. The smallest absolute Gasteiger partial charge is 0.220 e. The third-order valence-electron chi connectivity index (χ3n) is 11.2. The van der Waals surface area contributed by atoms with Crippen molar-refractivity contribution in [2.24, 2.45) is 0 Å². The molecule has 1 amide bonds. The van der Waals surface area contributed by atoms with Gasteiger partial charge in [0, 0.05) is 6.42 Å². The van der Waals surface area contributed by atoms with E-state index in [1.807, 2.05) is 0 Å². The van der Waals surface area contributed by atoms with E-state index < -0.39 is 49.5 Å². The van der Waals surface area contributed by atoms with Crippen LogP contribution < -0.4 is 5.32 Å². The molecule has 0 aromatic heterocycles. The number of aliphatic hydroxyl groups excluding tert-OH is 5. The number of unbranched alkanes of at least 4 members (excludes halogenated alkanes) is 28. The predicted molar refractivity (Wildman–Crippen MR) is 217 cm³/mol. The Labute approximate surface area is 325 Å². The first-order valence-electron chi connectivity index (χ1n) is 22.7. The Hall–Kier alpha value is -0.810. The first kappa shape index (κ1) is 50.2. The molecule has 0 aromatic carbocycles. The van der Waals surface area contributed by atoms with E-state index in [1.165, 1.54) is 154 Å². The summed E-state index contributed by atoms with van der Waals surface area (Å²) in [7, 11) is 0. The summed E-state index contributed by atoms with van der Waals surface area (Å²) in [4.78, 5) is 12.9. The van der Waals surface area contributed by atoms with Crippen LogP contribution in [0.2, 0.25) is 0 Å². The van der Waals surface area contributed by atoms with Crippen molar-refractivity contribution in [1.82, 2.24) is 5.32 Å². The second-order valence-corrected chi connectivity index (χ2v) is 16.2. The van der Waals surface area contributed by atoms with E-state index in [4.69, 9.17) is 9.47 Å². The normalized spacial score (nSPS) is 21.5. The van der Waals surface area contributed by atoms with Crippen LogP contribution in [0.15, 0.2) is 0 Å². The summed E-state index contributed by atoms with van der Waals surface area (Å²) in [5.74, 6) is -0.142. The Morgan fingerprint density at radius 3 is 1.34 bits per heavy atom. The number of hydrogen-bond donors (Lipinski definition) is 6. The van der Waals surface area contributed by atoms with E-state index in [0.717, 1.165) is 38.5 Å². The molecule has 53 heavy (non-hydrogen) atoms. The topological polar surface area (TPSA) is 149 Å². The first-order chi connectivity index (χ1) is 25.8. The fourth-order valence-electron chi connectivity index (χ4n) is 7.51. The molecule has 1 aliphatic rings. The van der Waals surface area contributed by atoms with Crippen molar-refractivity contribution in [2.75, 3.05) is 13.2 Å². The molecule has 0 aliphatic carbocycles. The Morgan fingerprint density at radius 1 is 0.566 bits per heavy atom. The van der Waals surface area contributed by atoms with Crippen LogP contribution in [0.3, 0.4) is 0 Å². The standard InChI is InChI=1S/C44H87NO8/c1-3-5-7-9-11-13-15-17-18-19-20-22-23-25-27-29-31-33-38(47)37(36-52-44-43(51)42(50)41(49)39(35-46)53-44)45-40(48)34-32-30-28-26-24-21-16-14-12-10-8-6-4-2/h37-39,41-44,46-47,49-51H,3-36H2,1-2H3,(H,45,48)/t37-,38+,39+,41+,42?,43?,44+/m0/s1. The molecule has 316 valence electrons. The highest BCUT2D eigenvalue weighted by Gasteiger charge is 2.44. The zero-order valence-corrected chi connectivity index (χ0v) is 34.5. The van der Waals surface area contributed by atoms with Crippen molar-refractivity contribution < 1.29 is 39.8 Å². The van der Waals surface area contributed by atoms with Gasteiger partial charge in [-0.3, -0.25) is 4.79 Å². The quantitative estimate of drug-likeness (QED) is 0.0342. The zero-order chi connectivity index (χ0) is 38.8. The van der Waals surface area contributed by atoms with E-state index in [-0.39, 0.29) is 12.5 Å². The molecule has 0 bridgehead atoms. The van der Waals surface area contributed by atoms with E-state index in [9.17, 15) is 30.3 Å². The predicted octanol–water partition coefficient (Wildman–Crippen LogP) is 9.17. The molecular formula is C44H87NO8. The average molecular weight is 758 g/mol. The summed E-state index contributed by atoms with van der Waals surface area (Å²) in [6, 6.07) is -0.710. The number of carbonyl (C=O) groups is 1. The van der Waals surface area contributed by atoms with Gasteiger partial charge in [0.25, 0.3) is 0 Å². The number of carbonyl (C=O) groups excluding carboxylic acids is 1. The number of amides is 1. The number of ether oxygens (including phenoxy) is 2. The van der Waals surface area contributed by atoms with E-state index >= 15 is 0 Å². The van der Waals surface area contributed by atoms with Crippen molar-refractivity contribution in [3.05, 3.63) is 0 Å². The number of nitrogens with one attached hydrogen (secondary N) is 1. The Kier molecular flexibility index (Phi) is 33.7. The summed E-state index contributed by atoms with van der Waals surface area (Å²) < 4.78 is 11.2. The van der Waals surface area contributed by atoms with Crippen molar-refractivity contribution in [3.8, 4) is 0 Å². The van der Waals surface area contributed by atoms with Crippen molar-refractivity contribution in [1.29, 1.82) is 0 Å². The molecular weight excluding hydrogens is 670 g/mol. The Balaban J connectivity index is 2.32. The Morgan fingerprint density at radius 2 is 0.943 bits per heavy atom. The van der Waals surface area contributed by atoms with Gasteiger partial charge in [0.15, 0.2) is 6.29 Å². The van der Waals surface area contributed by atoms with Gasteiger partial charge >= 0.3 is 0 Å². The van der Waals surface area contributed by atoms with Gasteiger partial charge in [0.2, 0.25) is 5.91 Å². The maximum atomic E-state index is 12.9. The lowest BCUT2D eigenvalue weighted by molar-refractivity contribution is -0.302. The second kappa shape index (κ2) is 35.6. The second-order valence-electron chi connectivity index (χ2n) is 16.2. The van der Waals surface area contributed by atoms with Gasteiger partial charge in [-0.1, -0.05) is 200 Å². The molecule has 9 heteroatoms. The van der Waals surface area contributed by atoms with Crippen molar-refractivity contribution in [2.45, 2.75) is 262 Å². The monoisotopic (exact) mass is 758 g/mol. The summed E-state index contributed by atoms with van der Waals surface area (Å²) >= 11 is 0. The lowest BCUT2D eigenvalue weighted by Gasteiger charge is -2.40. The average Bonchev–Trinajstić information content (AvgIpc) is 3.16. The number of hydrogen-bond acceptors (Lipinski definition) is 8. The van der Waals surface area contributed by atoms with Gasteiger partial charge in [0.05, 0.1) is 25.4 Å². The van der Waals surface area contributed by atoms with E-state index in [1.54, 1.807) is 0 Å². The van der Waals surface area contributed by atoms with Gasteiger partial charge in [-0.05, 0) is 12.8 Å². The van der Waals surface area contributed by atoms with Crippen LogP contribution in [-0.4, -0.2) is 87.5 Å². The van der Waals surface area contributed by atoms with Crippen LogP contribution in [-0.2, 0) is 14.3 Å². The molecule has 1 heterocycles. The molecule has 0 aromatic rings. The van der Waals surface area contributed by atoms with Gasteiger partial charge in [0.1, 0.15) is 24.4 Å². The third kappa shape index (κ3) is 26.6. The highest BCUT2D eigenvalue weighted by Crippen LogP contribution is 2.23. The van der Waals surface area contributed by atoms with Crippen LogP contribution in [0, 0.1) is 0 Å². The maximum Gasteiger partial charge on any atom is 0.220 e. The molecule has 2 unspecified atom stereocenters. The van der Waals surface area contributed by atoms with Crippen LogP contribution in [0.5, 0.6) is 0 Å². The lowest BCUT2D eigenvalue weighted by Crippen LogP contribution is -2.60. The molecule has 1 fully saturated rings. The van der Waals surface area contributed by atoms with E-state index in [0.29, 0.717) is 12.8 Å². The number of rotatable bonds is 38. The van der Waals surface area contributed by atoms with Crippen molar-refractivity contribution >= 4 is 5.91 Å². The van der Waals surface area contributed by atoms with Gasteiger partial charge < -0.3 is 40.3 Å². The van der Waals surface area contributed by atoms with Crippen molar-refractivity contribution in [3.63, 3.8) is 0 Å². The number of aliphatic hydroxyl groups is 5. The molecule has 1 rings (SSSR count). The van der Waals surface area contributed by atoms with E-state index in [2.05, 4.69) is 19.2 Å². The molecule has 0 spiro atoms. The highest BCUT2D eigenvalue weighted by atomic mass is 16.7. The molecule has 6 N–H and O–H groups in total. The molecule has 9 nitrogen and oxygen atoms in total. The summed E-state index contributed by atoms with van der Waals surface area (Å²) in [5.41, 5.74) is 0. The minimum absolute atomic E-state index is 0.132. The summed E-state index contributed by atoms with van der Waals surface area (Å²) in [6.07, 6.45) is 31.0. The van der Waals surface area contributed by atoms with Gasteiger partial charge in [-0.15, -0.1) is 0 Å². The molecule has 1 saturated heterocycles. The van der Waals surface area contributed by atoms with Gasteiger partial charge in [-0.2, -0.15) is 0 Å². The van der Waals surface area contributed by atoms with Crippen LogP contribution in [0.1, 0.15) is 219 Å². The molecule has 0 radical (unpaired) electrons. The molecule has 7 atom stereocenters. The largest absolute Gasteiger partial charge is 0.394 e. The fraction of sp³-hybridized carbons (Fsp3) is 0.977. The van der Waals surface area contributed by atoms with Crippen LogP contribution >= 0.6 is 0 Å². The maximum absolute atomic E-state index is 12.9. The minimum Gasteiger partial charge on any atom is -0.394 e. The third-order valence-corrected chi connectivity index (χ3v) is 11.2. The Bertz CT molecular complexity index is 801. The SMILES string of the molecule is CCCCCCCCCCCCCCCCCCC[C@@H](O)[C@H](CO[C@@H]1O[C@H](CO)[C@@H](O)C(O)C1O)NC(=O)CCCCCCCCCCCCCCC. The fourth-order valence-corrected chi connectivity index (χ4v) is 7.51. The van der Waals surface area contributed by atoms with Crippen LogP contribution in [0.4, 0.5) is 0 Å². The summed E-state index contributed by atoms with van der Waals surface area (Å²) in [5, 5.41) is 54.3. The van der Waals surface area contributed by atoms with Gasteiger partial charge in [-0.25, -0.2) is 0 Å². The van der Waals surface area contributed by atoms with Crippen LogP contribution in [0.25, 0.3) is 0 Å². The highest BCUT2D eigenvalue weighted by molar-refractivity contribution is 5.76. The lowest BCUT2D eigenvalue weighted by atomic mass is 9.99. The summed E-state index contributed by atoms with van der Waals surface area (Å²) in [6.45, 7) is 3.84. The first-order valence-corrected chi connectivity index (χ1v) is 22.7. The molecule has 1 aliphatic heterocycles.